The zero-order chi connectivity index (χ0) is 24.3. The second kappa shape index (κ2) is 10.1. The molecule has 33 heavy (non-hydrogen) atoms. The van der Waals surface area contributed by atoms with E-state index in [-0.39, 0.29) is 24.5 Å². The zero-order valence-electron chi connectivity index (χ0n) is 20.0. The Labute approximate surface area is 193 Å². The number of aromatic nitrogens is 2. The standard InChI is InChI=1S/C24H31N3O6/c1-7-11-33-17-9-8-16(13-18(17)32-6)21-20(23(29)24(30)27(21)10-12-31-5)22(28)19-14(2)25-26(4)15(19)3/h8-9,13,21,28H,7,10-12H2,1-6H3/b22-20+. The minimum absolute atomic E-state index is 0.0135. The summed E-state index contributed by atoms with van der Waals surface area (Å²) in [4.78, 5) is 27.5. The SMILES string of the molecule is CCCOc1ccc(C2/C(=C(\O)c3c(C)nn(C)c3C)C(=O)C(=O)N2CCOC)cc1OC. The minimum atomic E-state index is -0.812. The first-order valence-electron chi connectivity index (χ1n) is 10.8. The number of aliphatic hydroxyl groups excluding tert-OH is 1. The van der Waals surface area contributed by atoms with E-state index in [1.165, 1.54) is 19.1 Å². The number of benzene rings is 1. The van der Waals surface area contributed by atoms with Crippen LogP contribution in [0.4, 0.5) is 0 Å². The average Bonchev–Trinajstić information content (AvgIpc) is 3.21. The van der Waals surface area contributed by atoms with Gasteiger partial charge in [-0.2, -0.15) is 5.10 Å². The highest BCUT2D eigenvalue weighted by Crippen LogP contribution is 2.42. The molecule has 1 N–H and O–H groups in total. The third kappa shape index (κ3) is 4.45. The van der Waals surface area contributed by atoms with E-state index in [0.717, 1.165) is 6.42 Å². The number of rotatable bonds is 9. The predicted octanol–water partition coefficient (Wildman–Crippen LogP) is 2.90. The van der Waals surface area contributed by atoms with Crippen LogP contribution in [-0.4, -0.2) is 65.5 Å². The Morgan fingerprint density at radius 1 is 1.15 bits per heavy atom. The lowest BCUT2D eigenvalue weighted by atomic mass is 9.94. The minimum Gasteiger partial charge on any atom is -0.507 e. The molecule has 0 radical (unpaired) electrons. The summed E-state index contributed by atoms with van der Waals surface area (Å²) in [5, 5.41) is 15.6. The number of carbonyl (C=O) groups excluding carboxylic acids is 2. The van der Waals surface area contributed by atoms with Crippen LogP contribution in [0.1, 0.15) is 41.9 Å². The number of carbonyl (C=O) groups is 2. The molecule has 0 bridgehead atoms. The van der Waals surface area contributed by atoms with Gasteiger partial charge in [0.1, 0.15) is 5.76 Å². The van der Waals surface area contributed by atoms with E-state index in [1.807, 2.05) is 6.92 Å². The van der Waals surface area contributed by atoms with Crippen LogP contribution in [0.3, 0.4) is 0 Å². The number of hydrogen-bond donors (Lipinski definition) is 1. The molecule has 1 aromatic heterocycles. The Bertz CT molecular complexity index is 1090. The van der Waals surface area contributed by atoms with Gasteiger partial charge in [-0.25, -0.2) is 0 Å². The van der Waals surface area contributed by atoms with Crippen LogP contribution in [0.5, 0.6) is 11.5 Å². The fourth-order valence-corrected chi connectivity index (χ4v) is 4.08. The molecule has 0 aliphatic carbocycles. The quantitative estimate of drug-likeness (QED) is 0.351. The number of ether oxygens (including phenoxy) is 3. The van der Waals surface area contributed by atoms with Crippen molar-refractivity contribution >= 4 is 17.4 Å². The monoisotopic (exact) mass is 457 g/mol. The van der Waals surface area contributed by atoms with Gasteiger partial charge in [-0.3, -0.25) is 14.3 Å². The topological polar surface area (TPSA) is 103 Å². The molecule has 1 aliphatic heterocycles. The molecule has 1 aliphatic rings. The van der Waals surface area contributed by atoms with E-state index in [4.69, 9.17) is 14.2 Å². The molecular formula is C24H31N3O6. The third-order valence-corrected chi connectivity index (χ3v) is 5.79. The molecule has 178 valence electrons. The number of aliphatic hydroxyl groups is 1. The van der Waals surface area contributed by atoms with Gasteiger partial charge in [-0.15, -0.1) is 0 Å². The van der Waals surface area contributed by atoms with Crippen LogP contribution in [0.2, 0.25) is 0 Å². The molecule has 3 rings (SSSR count). The Morgan fingerprint density at radius 3 is 2.45 bits per heavy atom. The molecule has 1 fully saturated rings. The molecule has 2 aromatic rings. The van der Waals surface area contributed by atoms with Gasteiger partial charge in [0.25, 0.3) is 11.7 Å². The van der Waals surface area contributed by atoms with Crippen molar-refractivity contribution in [2.24, 2.45) is 7.05 Å². The van der Waals surface area contributed by atoms with Gasteiger partial charge in [0.2, 0.25) is 0 Å². The Kier molecular flexibility index (Phi) is 7.43. The highest BCUT2D eigenvalue weighted by Gasteiger charge is 2.46. The van der Waals surface area contributed by atoms with E-state index >= 15 is 0 Å². The van der Waals surface area contributed by atoms with Crippen LogP contribution in [0, 0.1) is 13.8 Å². The summed E-state index contributed by atoms with van der Waals surface area (Å²) in [7, 11) is 4.81. The summed E-state index contributed by atoms with van der Waals surface area (Å²) in [6, 6.07) is 4.45. The lowest BCUT2D eigenvalue weighted by Crippen LogP contribution is -2.32. The summed E-state index contributed by atoms with van der Waals surface area (Å²) in [5.74, 6) is -0.640. The number of Topliss-reactive ketones (excluding diaryl/α,β-unsaturated/α-hetero) is 1. The van der Waals surface area contributed by atoms with Crippen LogP contribution in [0.15, 0.2) is 23.8 Å². The van der Waals surface area contributed by atoms with Gasteiger partial charge < -0.3 is 24.2 Å². The van der Waals surface area contributed by atoms with E-state index in [1.54, 1.807) is 43.8 Å². The molecule has 1 atom stereocenters. The molecule has 9 heteroatoms. The number of hydrogen-bond acceptors (Lipinski definition) is 7. The van der Waals surface area contributed by atoms with Crippen LogP contribution in [-0.2, 0) is 21.4 Å². The van der Waals surface area contributed by atoms with Crippen molar-refractivity contribution in [2.45, 2.75) is 33.2 Å². The maximum Gasteiger partial charge on any atom is 0.295 e. The van der Waals surface area contributed by atoms with Gasteiger partial charge in [0.05, 0.1) is 43.2 Å². The maximum absolute atomic E-state index is 13.1. The van der Waals surface area contributed by atoms with Crippen LogP contribution >= 0.6 is 0 Å². The van der Waals surface area contributed by atoms with Crippen molar-refractivity contribution in [1.82, 2.24) is 14.7 Å². The van der Waals surface area contributed by atoms with E-state index in [0.29, 0.717) is 40.6 Å². The lowest BCUT2D eigenvalue weighted by molar-refractivity contribution is -0.140. The molecule has 0 saturated carbocycles. The Hall–Kier alpha value is -3.33. The molecule has 9 nitrogen and oxygen atoms in total. The molecule has 0 spiro atoms. The van der Waals surface area contributed by atoms with Crippen LogP contribution in [0.25, 0.3) is 5.76 Å². The summed E-state index contributed by atoms with van der Waals surface area (Å²) >= 11 is 0. The van der Waals surface area contributed by atoms with Crippen molar-refractivity contribution in [3.8, 4) is 11.5 Å². The number of ketones is 1. The first-order valence-corrected chi connectivity index (χ1v) is 10.8. The molecular weight excluding hydrogens is 426 g/mol. The second-order valence-electron chi connectivity index (χ2n) is 7.91. The fraction of sp³-hybridized carbons (Fsp3) is 0.458. The Morgan fingerprint density at radius 2 is 1.88 bits per heavy atom. The summed E-state index contributed by atoms with van der Waals surface area (Å²) in [6.45, 7) is 6.51. The van der Waals surface area contributed by atoms with Crippen molar-refractivity contribution in [3.05, 3.63) is 46.3 Å². The summed E-state index contributed by atoms with van der Waals surface area (Å²) < 4.78 is 18.0. The van der Waals surface area contributed by atoms with Crippen molar-refractivity contribution in [3.63, 3.8) is 0 Å². The normalized spacial score (nSPS) is 17.6. The van der Waals surface area contributed by atoms with E-state index in [2.05, 4.69) is 5.10 Å². The number of methoxy groups -OCH3 is 2. The van der Waals surface area contributed by atoms with Gasteiger partial charge in [-0.05, 0) is 38.0 Å². The first kappa shape index (κ1) is 24.3. The highest BCUT2D eigenvalue weighted by atomic mass is 16.5. The summed E-state index contributed by atoms with van der Waals surface area (Å²) in [6.07, 6.45) is 0.839. The number of amides is 1. The van der Waals surface area contributed by atoms with Gasteiger partial charge in [-0.1, -0.05) is 13.0 Å². The third-order valence-electron chi connectivity index (χ3n) is 5.79. The lowest BCUT2D eigenvalue weighted by Gasteiger charge is -2.25. The molecule has 1 amide bonds. The molecule has 1 unspecified atom stereocenters. The van der Waals surface area contributed by atoms with Crippen molar-refractivity contribution in [1.29, 1.82) is 0 Å². The fourth-order valence-electron chi connectivity index (χ4n) is 4.08. The average molecular weight is 458 g/mol. The van der Waals surface area contributed by atoms with Crippen molar-refractivity contribution < 1.29 is 28.9 Å². The first-order chi connectivity index (χ1) is 15.8. The van der Waals surface area contributed by atoms with Gasteiger partial charge in [0, 0.05) is 26.4 Å². The number of nitrogens with zero attached hydrogens (tertiary/aromatic N) is 3. The zero-order valence-corrected chi connectivity index (χ0v) is 20.0. The van der Waals surface area contributed by atoms with Gasteiger partial charge >= 0.3 is 0 Å². The number of aryl methyl sites for hydroxylation is 2. The largest absolute Gasteiger partial charge is 0.507 e. The van der Waals surface area contributed by atoms with Crippen molar-refractivity contribution in [2.75, 3.05) is 34.0 Å². The number of likely N-dealkylation sites (tertiary alicyclic amines) is 1. The molecule has 1 saturated heterocycles. The predicted molar refractivity (Wildman–Crippen MR) is 122 cm³/mol. The maximum atomic E-state index is 13.1. The Balaban J connectivity index is 2.20. The molecule has 1 aromatic carbocycles. The molecule has 2 heterocycles. The van der Waals surface area contributed by atoms with Gasteiger partial charge in [0.15, 0.2) is 11.5 Å². The smallest absolute Gasteiger partial charge is 0.295 e. The van der Waals surface area contributed by atoms with E-state index < -0.39 is 17.7 Å². The summed E-state index contributed by atoms with van der Waals surface area (Å²) in [5.41, 5.74) is 2.33. The highest BCUT2D eigenvalue weighted by molar-refractivity contribution is 6.46. The second-order valence-corrected chi connectivity index (χ2v) is 7.91. The van der Waals surface area contributed by atoms with Crippen LogP contribution < -0.4 is 9.47 Å². The van der Waals surface area contributed by atoms with E-state index in [9.17, 15) is 14.7 Å².